The molecule has 0 fully saturated rings. The van der Waals surface area contributed by atoms with Crippen molar-refractivity contribution in [2.45, 2.75) is 25.7 Å². The summed E-state index contributed by atoms with van der Waals surface area (Å²) in [7, 11) is 0. The molecular formula is C8H13N3O. The van der Waals surface area contributed by atoms with Crippen LogP contribution in [0.4, 0.5) is 0 Å². The number of aromatic nitrogens is 3. The summed E-state index contributed by atoms with van der Waals surface area (Å²) < 4.78 is 0. The first-order valence-electron chi connectivity index (χ1n) is 4.17. The maximum absolute atomic E-state index is 8.53. The number of hydrogen-bond acceptors (Lipinski definition) is 4. The van der Waals surface area contributed by atoms with Crippen molar-refractivity contribution in [3.8, 4) is 0 Å². The maximum atomic E-state index is 8.53. The van der Waals surface area contributed by atoms with Gasteiger partial charge < -0.3 is 5.11 Å². The van der Waals surface area contributed by atoms with Gasteiger partial charge in [-0.1, -0.05) is 6.42 Å². The first-order chi connectivity index (χ1) is 5.93. The van der Waals surface area contributed by atoms with Gasteiger partial charge in [0, 0.05) is 6.61 Å². The highest BCUT2D eigenvalue weighted by atomic mass is 16.2. The Morgan fingerprint density at radius 2 is 2.17 bits per heavy atom. The quantitative estimate of drug-likeness (QED) is 0.651. The summed E-state index contributed by atoms with van der Waals surface area (Å²) in [5.74, 6) is 0. The molecule has 4 nitrogen and oxygen atoms in total. The Bertz CT molecular complexity index is 203. The van der Waals surface area contributed by atoms with Crippen LogP contribution >= 0.6 is 0 Å². The van der Waals surface area contributed by atoms with Crippen molar-refractivity contribution < 1.29 is 5.11 Å². The van der Waals surface area contributed by atoms with Gasteiger partial charge in [0.05, 0.1) is 11.9 Å². The second-order valence-corrected chi connectivity index (χ2v) is 2.65. The molecule has 0 aliphatic rings. The van der Waals surface area contributed by atoms with Crippen molar-refractivity contribution in [3.05, 3.63) is 18.0 Å². The van der Waals surface area contributed by atoms with Crippen LogP contribution in [0.3, 0.4) is 0 Å². The van der Waals surface area contributed by atoms with Gasteiger partial charge in [0.25, 0.3) is 0 Å². The van der Waals surface area contributed by atoms with E-state index < -0.39 is 0 Å². The molecule has 0 saturated heterocycles. The molecule has 12 heavy (non-hydrogen) atoms. The molecule has 1 heterocycles. The van der Waals surface area contributed by atoms with Crippen molar-refractivity contribution in [2.75, 3.05) is 6.61 Å². The van der Waals surface area contributed by atoms with Gasteiger partial charge in [-0.2, -0.15) is 0 Å². The minimum atomic E-state index is 0.280. The lowest BCUT2D eigenvalue weighted by Gasteiger charge is -1.97. The minimum Gasteiger partial charge on any atom is -0.396 e. The SMILES string of the molecule is OCCCCCc1ccnnn1. The van der Waals surface area contributed by atoms with E-state index in [1.54, 1.807) is 6.20 Å². The number of aliphatic hydroxyl groups excluding tert-OH is 1. The lowest BCUT2D eigenvalue weighted by Crippen LogP contribution is -1.94. The first-order valence-corrected chi connectivity index (χ1v) is 4.17. The number of rotatable bonds is 5. The molecule has 0 saturated carbocycles. The van der Waals surface area contributed by atoms with Gasteiger partial charge in [-0.25, -0.2) is 0 Å². The summed E-state index contributed by atoms with van der Waals surface area (Å²) in [5.41, 5.74) is 0.975. The summed E-state index contributed by atoms with van der Waals surface area (Å²) in [6, 6.07) is 1.87. The van der Waals surface area contributed by atoms with Crippen LogP contribution in [0.15, 0.2) is 12.3 Å². The van der Waals surface area contributed by atoms with Crippen LogP contribution in [-0.2, 0) is 6.42 Å². The number of aliphatic hydroxyl groups is 1. The van der Waals surface area contributed by atoms with E-state index in [4.69, 9.17) is 5.11 Å². The van der Waals surface area contributed by atoms with Gasteiger partial charge in [-0.15, -0.1) is 10.2 Å². The molecular weight excluding hydrogens is 154 g/mol. The van der Waals surface area contributed by atoms with Crippen molar-refractivity contribution in [2.24, 2.45) is 0 Å². The van der Waals surface area contributed by atoms with Crippen LogP contribution in [0, 0.1) is 0 Å². The number of unbranched alkanes of at least 4 members (excludes halogenated alkanes) is 2. The molecule has 0 aromatic carbocycles. The van der Waals surface area contributed by atoms with Gasteiger partial charge in [0.1, 0.15) is 0 Å². The molecule has 1 aromatic heterocycles. The van der Waals surface area contributed by atoms with E-state index in [0.29, 0.717) is 0 Å². The average Bonchev–Trinajstić information content (AvgIpc) is 2.14. The van der Waals surface area contributed by atoms with Crippen molar-refractivity contribution in [3.63, 3.8) is 0 Å². The zero-order valence-corrected chi connectivity index (χ0v) is 6.98. The molecule has 0 aliphatic carbocycles. The molecule has 0 bridgehead atoms. The summed E-state index contributed by atoms with van der Waals surface area (Å²) in [4.78, 5) is 0. The Kier molecular flexibility index (Phi) is 4.23. The van der Waals surface area contributed by atoms with E-state index >= 15 is 0 Å². The van der Waals surface area contributed by atoms with Crippen LogP contribution in [-0.4, -0.2) is 27.1 Å². The van der Waals surface area contributed by atoms with E-state index in [0.717, 1.165) is 31.4 Å². The third kappa shape index (κ3) is 3.39. The monoisotopic (exact) mass is 167 g/mol. The van der Waals surface area contributed by atoms with Crippen LogP contribution in [0.1, 0.15) is 25.0 Å². The summed E-state index contributed by atoms with van der Waals surface area (Å²) in [5, 5.41) is 19.5. The molecule has 0 amide bonds. The normalized spacial score (nSPS) is 10.1. The molecule has 0 radical (unpaired) electrons. The van der Waals surface area contributed by atoms with Gasteiger partial charge in [0.15, 0.2) is 0 Å². The van der Waals surface area contributed by atoms with Crippen LogP contribution in [0.2, 0.25) is 0 Å². The van der Waals surface area contributed by atoms with Gasteiger partial charge in [-0.3, -0.25) is 0 Å². The maximum Gasteiger partial charge on any atom is 0.0664 e. The molecule has 0 unspecified atom stereocenters. The lowest BCUT2D eigenvalue weighted by molar-refractivity contribution is 0.283. The fourth-order valence-corrected chi connectivity index (χ4v) is 0.994. The third-order valence-electron chi connectivity index (χ3n) is 1.65. The lowest BCUT2D eigenvalue weighted by atomic mass is 10.1. The molecule has 0 aliphatic heterocycles. The topological polar surface area (TPSA) is 58.9 Å². The largest absolute Gasteiger partial charge is 0.396 e. The van der Waals surface area contributed by atoms with Gasteiger partial charge in [-0.05, 0) is 30.5 Å². The van der Waals surface area contributed by atoms with Gasteiger partial charge in [0.2, 0.25) is 0 Å². The molecule has 1 aromatic rings. The van der Waals surface area contributed by atoms with E-state index in [1.165, 1.54) is 0 Å². The summed E-state index contributed by atoms with van der Waals surface area (Å²) in [6.07, 6.45) is 5.54. The molecule has 1 N–H and O–H groups in total. The zero-order chi connectivity index (χ0) is 8.65. The van der Waals surface area contributed by atoms with Crippen molar-refractivity contribution in [1.29, 1.82) is 0 Å². The Hall–Kier alpha value is -1.03. The molecule has 0 spiro atoms. The first kappa shape index (κ1) is 9.06. The standard InChI is InChI=1S/C8H13N3O/c12-7-3-1-2-4-8-5-6-9-11-10-8/h5-6,12H,1-4,7H2. The number of hydrogen-bond donors (Lipinski definition) is 1. The smallest absolute Gasteiger partial charge is 0.0664 e. The van der Waals surface area contributed by atoms with Crippen LogP contribution < -0.4 is 0 Å². The number of nitrogens with zero attached hydrogens (tertiary/aromatic N) is 3. The second-order valence-electron chi connectivity index (χ2n) is 2.65. The fraction of sp³-hybridized carbons (Fsp3) is 0.625. The second kappa shape index (κ2) is 5.60. The highest BCUT2D eigenvalue weighted by Crippen LogP contribution is 2.01. The van der Waals surface area contributed by atoms with Crippen molar-refractivity contribution in [1.82, 2.24) is 15.4 Å². The summed E-state index contributed by atoms with van der Waals surface area (Å²) in [6.45, 7) is 0.280. The highest BCUT2D eigenvalue weighted by molar-refractivity contribution is 4.94. The molecule has 66 valence electrons. The number of aryl methyl sites for hydroxylation is 1. The third-order valence-corrected chi connectivity index (χ3v) is 1.65. The highest BCUT2D eigenvalue weighted by Gasteiger charge is 1.93. The Balaban J connectivity index is 2.16. The Morgan fingerprint density at radius 3 is 2.83 bits per heavy atom. The predicted molar refractivity (Wildman–Crippen MR) is 44.5 cm³/mol. The Labute approximate surface area is 71.6 Å². The molecule has 4 heteroatoms. The Morgan fingerprint density at radius 1 is 1.25 bits per heavy atom. The van der Waals surface area contributed by atoms with Gasteiger partial charge >= 0.3 is 0 Å². The van der Waals surface area contributed by atoms with E-state index in [1.807, 2.05) is 6.07 Å². The predicted octanol–water partition coefficient (Wildman–Crippen LogP) is 0.577. The van der Waals surface area contributed by atoms with Crippen molar-refractivity contribution >= 4 is 0 Å². The zero-order valence-electron chi connectivity index (χ0n) is 6.98. The van der Waals surface area contributed by atoms with E-state index in [9.17, 15) is 0 Å². The fourth-order valence-electron chi connectivity index (χ4n) is 0.994. The minimum absolute atomic E-state index is 0.280. The van der Waals surface area contributed by atoms with Crippen LogP contribution in [0.5, 0.6) is 0 Å². The van der Waals surface area contributed by atoms with Crippen LogP contribution in [0.25, 0.3) is 0 Å². The average molecular weight is 167 g/mol. The van der Waals surface area contributed by atoms with E-state index in [-0.39, 0.29) is 6.61 Å². The molecule has 0 atom stereocenters. The molecule has 1 rings (SSSR count). The summed E-state index contributed by atoms with van der Waals surface area (Å²) >= 11 is 0. The van der Waals surface area contributed by atoms with E-state index in [2.05, 4.69) is 15.4 Å².